The number of furan rings is 1. The molecule has 1 N–H and O–H groups in total. The van der Waals surface area contributed by atoms with E-state index < -0.39 is 11.8 Å². The van der Waals surface area contributed by atoms with Crippen molar-refractivity contribution in [1.82, 2.24) is 0 Å². The fraction of sp³-hybridized carbons (Fsp3) is 0.238. The van der Waals surface area contributed by atoms with Crippen LogP contribution in [0.4, 0.5) is 5.69 Å². The molecule has 1 aromatic carbocycles. The van der Waals surface area contributed by atoms with Crippen LogP contribution < -0.4 is 10.1 Å². The second kappa shape index (κ2) is 9.13. The number of thioether (sulfide) groups is 1. The van der Waals surface area contributed by atoms with Gasteiger partial charge in [0.2, 0.25) is 5.91 Å². The third-order valence-electron chi connectivity index (χ3n) is 4.49. The Morgan fingerprint density at radius 1 is 1.31 bits per heavy atom. The van der Waals surface area contributed by atoms with E-state index in [0.29, 0.717) is 33.5 Å². The van der Waals surface area contributed by atoms with Crippen LogP contribution in [0, 0.1) is 28.6 Å². The number of hydrogen-bond donors (Lipinski definition) is 1. The first-order valence-electron chi connectivity index (χ1n) is 8.77. The van der Waals surface area contributed by atoms with Crippen LogP contribution in [0.2, 0.25) is 0 Å². The molecule has 29 heavy (non-hydrogen) atoms. The maximum absolute atomic E-state index is 13.3. The molecule has 3 rings (SSSR count). The topological polar surface area (TPSA) is 111 Å². The van der Waals surface area contributed by atoms with E-state index in [1.807, 2.05) is 12.1 Å². The van der Waals surface area contributed by atoms with Gasteiger partial charge in [0.1, 0.15) is 16.5 Å². The number of nitrogens with zero attached hydrogens (tertiary/aromatic N) is 3. The largest absolute Gasteiger partial charge is 0.495 e. The molecule has 0 saturated carbocycles. The molecular formula is C21H18N4O3S. The fourth-order valence-electron chi connectivity index (χ4n) is 3.23. The molecule has 2 aromatic rings. The Bertz CT molecular complexity index is 1040. The summed E-state index contributed by atoms with van der Waals surface area (Å²) < 4.78 is 10.9. The van der Waals surface area contributed by atoms with Gasteiger partial charge in [-0.25, -0.2) is 4.99 Å². The standard InChI is InChI=1S/C21H18N4O3S/c1-13-18(20(26)25-15-6-3-4-7-16(15)27-2)19(17-8-5-10-28-17)14(12-23)21(24-13)29-11-9-22/h3-8,10,18-19H,11H2,1-2H3,(H,25,26)/t18?,19-/m1/s1. The van der Waals surface area contributed by atoms with Gasteiger partial charge >= 0.3 is 0 Å². The Kier molecular flexibility index (Phi) is 6.38. The van der Waals surface area contributed by atoms with Gasteiger partial charge in [0.05, 0.1) is 54.4 Å². The maximum Gasteiger partial charge on any atom is 0.234 e. The molecule has 1 aromatic heterocycles. The first-order chi connectivity index (χ1) is 14.1. The van der Waals surface area contributed by atoms with E-state index in [1.54, 1.807) is 37.3 Å². The molecule has 2 atom stereocenters. The zero-order valence-corrected chi connectivity index (χ0v) is 16.7. The highest BCUT2D eigenvalue weighted by Crippen LogP contribution is 2.42. The Labute approximate surface area is 172 Å². The number of nitriles is 2. The minimum absolute atomic E-state index is 0.153. The van der Waals surface area contributed by atoms with E-state index in [-0.39, 0.29) is 11.7 Å². The normalized spacial score (nSPS) is 18.4. The Hall–Kier alpha value is -3.49. The van der Waals surface area contributed by atoms with E-state index in [2.05, 4.69) is 16.4 Å². The van der Waals surface area contributed by atoms with Gasteiger partial charge in [0, 0.05) is 5.71 Å². The third kappa shape index (κ3) is 4.18. The first-order valence-corrected chi connectivity index (χ1v) is 9.75. The molecule has 0 fully saturated rings. The lowest BCUT2D eigenvalue weighted by atomic mass is 9.79. The van der Waals surface area contributed by atoms with Crippen molar-refractivity contribution in [3.05, 3.63) is 59.0 Å². The molecule has 0 spiro atoms. The molecule has 1 amide bonds. The van der Waals surface area contributed by atoms with Crippen molar-refractivity contribution in [2.75, 3.05) is 18.2 Å². The van der Waals surface area contributed by atoms with Crippen molar-refractivity contribution in [3.8, 4) is 17.9 Å². The van der Waals surface area contributed by atoms with Crippen LogP contribution in [0.5, 0.6) is 5.75 Å². The number of aliphatic imine (C=N–C) groups is 1. The zero-order valence-electron chi connectivity index (χ0n) is 15.9. The van der Waals surface area contributed by atoms with E-state index in [4.69, 9.17) is 14.4 Å². The average molecular weight is 406 g/mol. The molecule has 0 saturated heterocycles. The van der Waals surface area contributed by atoms with Gasteiger partial charge in [-0.05, 0) is 31.2 Å². The van der Waals surface area contributed by atoms with Crippen molar-refractivity contribution in [3.63, 3.8) is 0 Å². The molecule has 0 bridgehead atoms. The predicted molar refractivity (Wildman–Crippen MR) is 110 cm³/mol. The number of nitrogens with one attached hydrogen (secondary N) is 1. The highest BCUT2D eigenvalue weighted by atomic mass is 32.2. The van der Waals surface area contributed by atoms with Gasteiger partial charge in [0.25, 0.3) is 0 Å². The quantitative estimate of drug-likeness (QED) is 0.773. The molecule has 1 aliphatic heterocycles. The van der Waals surface area contributed by atoms with Crippen LogP contribution in [-0.4, -0.2) is 24.5 Å². The Morgan fingerprint density at radius 2 is 2.10 bits per heavy atom. The maximum atomic E-state index is 13.3. The highest BCUT2D eigenvalue weighted by Gasteiger charge is 2.41. The van der Waals surface area contributed by atoms with Gasteiger partial charge in [-0.15, -0.1) is 0 Å². The van der Waals surface area contributed by atoms with Gasteiger partial charge in [-0.1, -0.05) is 23.9 Å². The van der Waals surface area contributed by atoms with Crippen LogP contribution in [0.3, 0.4) is 0 Å². The van der Waals surface area contributed by atoms with Gasteiger partial charge in [-0.2, -0.15) is 10.5 Å². The number of allylic oxidation sites excluding steroid dienone is 1. The number of carbonyl (C=O) groups is 1. The van der Waals surface area contributed by atoms with Crippen molar-refractivity contribution in [2.24, 2.45) is 10.9 Å². The fourth-order valence-corrected chi connectivity index (χ4v) is 3.97. The van der Waals surface area contributed by atoms with E-state index in [0.717, 1.165) is 0 Å². The lowest BCUT2D eigenvalue weighted by molar-refractivity contribution is -0.118. The predicted octanol–water partition coefficient (Wildman–Crippen LogP) is 4.09. The van der Waals surface area contributed by atoms with Crippen molar-refractivity contribution < 1.29 is 13.9 Å². The van der Waals surface area contributed by atoms with Crippen LogP contribution >= 0.6 is 11.8 Å². The van der Waals surface area contributed by atoms with E-state index >= 15 is 0 Å². The summed E-state index contributed by atoms with van der Waals surface area (Å²) in [7, 11) is 1.53. The Morgan fingerprint density at radius 3 is 2.76 bits per heavy atom. The van der Waals surface area contributed by atoms with Crippen LogP contribution in [0.25, 0.3) is 0 Å². The lowest BCUT2D eigenvalue weighted by Gasteiger charge is -2.29. The molecule has 2 heterocycles. The van der Waals surface area contributed by atoms with Gasteiger partial charge in [-0.3, -0.25) is 4.79 Å². The summed E-state index contributed by atoms with van der Waals surface area (Å²) in [4.78, 5) is 17.7. The van der Waals surface area contributed by atoms with Crippen LogP contribution in [-0.2, 0) is 4.79 Å². The summed E-state index contributed by atoms with van der Waals surface area (Å²) in [6.07, 6.45) is 1.50. The number of benzene rings is 1. The van der Waals surface area contributed by atoms with Crippen LogP contribution in [0.15, 0.2) is 62.7 Å². The minimum Gasteiger partial charge on any atom is -0.495 e. The second-order valence-corrected chi connectivity index (χ2v) is 7.15. The van der Waals surface area contributed by atoms with Crippen molar-refractivity contribution in [1.29, 1.82) is 10.5 Å². The lowest BCUT2D eigenvalue weighted by Crippen LogP contribution is -2.36. The monoisotopic (exact) mass is 406 g/mol. The Balaban J connectivity index is 2.02. The SMILES string of the molecule is COc1ccccc1NC(=O)C1C(C)=NC(SCC#N)=C(C#N)[C@@H]1c1ccco1. The summed E-state index contributed by atoms with van der Waals surface area (Å²) in [6, 6.07) is 14.7. The summed E-state index contributed by atoms with van der Waals surface area (Å²) in [5.41, 5.74) is 1.38. The minimum atomic E-state index is -0.743. The number of ether oxygens (including phenoxy) is 1. The van der Waals surface area contributed by atoms with Crippen LogP contribution in [0.1, 0.15) is 18.6 Å². The molecule has 0 radical (unpaired) electrons. The van der Waals surface area contributed by atoms with E-state index in [9.17, 15) is 10.1 Å². The molecule has 1 aliphatic rings. The molecule has 8 heteroatoms. The summed E-state index contributed by atoms with van der Waals surface area (Å²) >= 11 is 1.17. The molecule has 1 unspecified atom stereocenters. The number of anilines is 1. The summed E-state index contributed by atoms with van der Waals surface area (Å²) in [5.74, 6) is -0.529. The number of amides is 1. The molecule has 7 nitrogen and oxygen atoms in total. The highest BCUT2D eigenvalue weighted by molar-refractivity contribution is 8.03. The van der Waals surface area contributed by atoms with E-state index in [1.165, 1.54) is 25.1 Å². The van der Waals surface area contributed by atoms with Gasteiger partial charge in [0.15, 0.2) is 0 Å². The number of para-hydroxylation sites is 2. The summed E-state index contributed by atoms with van der Waals surface area (Å²) in [6.45, 7) is 1.74. The molecule has 146 valence electrons. The second-order valence-electron chi connectivity index (χ2n) is 6.19. The van der Waals surface area contributed by atoms with Gasteiger partial charge < -0.3 is 14.5 Å². The molecule has 0 aliphatic carbocycles. The number of methoxy groups -OCH3 is 1. The zero-order chi connectivity index (χ0) is 20.8. The first kappa shape index (κ1) is 20.2. The smallest absolute Gasteiger partial charge is 0.234 e. The molecular weight excluding hydrogens is 388 g/mol. The average Bonchev–Trinajstić information content (AvgIpc) is 3.26. The van der Waals surface area contributed by atoms with Crippen molar-refractivity contribution >= 4 is 29.1 Å². The number of carbonyl (C=O) groups excluding carboxylic acids is 1. The number of rotatable bonds is 6. The summed E-state index contributed by atoms with van der Waals surface area (Å²) in [5, 5.41) is 22.0. The third-order valence-corrected chi connectivity index (χ3v) is 5.35. The number of hydrogen-bond acceptors (Lipinski definition) is 7. The van der Waals surface area contributed by atoms with Crippen molar-refractivity contribution in [2.45, 2.75) is 12.8 Å².